The van der Waals surface area contributed by atoms with Crippen LogP contribution in [0.4, 0.5) is 0 Å². The molecule has 0 radical (unpaired) electrons. The van der Waals surface area contributed by atoms with Crippen molar-refractivity contribution in [1.82, 2.24) is 15.2 Å². The van der Waals surface area contributed by atoms with Crippen LogP contribution >= 0.6 is 0 Å². The number of nitrogens with zero attached hydrogens (tertiary/aromatic N) is 2. The summed E-state index contributed by atoms with van der Waals surface area (Å²) in [5.74, 6) is 2.56. The van der Waals surface area contributed by atoms with Crippen molar-refractivity contribution in [1.29, 1.82) is 0 Å². The van der Waals surface area contributed by atoms with E-state index in [-0.39, 0.29) is 17.2 Å². The number of rotatable bonds is 6. The Labute approximate surface area is 155 Å². The molecule has 4 fully saturated rings. The fourth-order valence-corrected chi connectivity index (χ4v) is 5.90. The van der Waals surface area contributed by atoms with Crippen molar-refractivity contribution in [3.05, 3.63) is 30.1 Å². The molecule has 2 amide bonds. The third-order valence-electron chi connectivity index (χ3n) is 6.74. The standard InChI is InChI=1S/C21H29N3O2/c1-24(14-15-2-5-22-6-3-15)19(25)4-7-23-20(26)21-11-16-8-17(12-21)10-18(9-16)13-21/h2-3,5-6,16-18H,4,7-14H2,1H3,(H,23,26). The first kappa shape index (κ1) is 17.5. The zero-order chi connectivity index (χ0) is 18.1. The van der Waals surface area contributed by atoms with Gasteiger partial charge in [-0.25, -0.2) is 0 Å². The summed E-state index contributed by atoms with van der Waals surface area (Å²) in [7, 11) is 1.81. The molecule has 0 aliphatic heterocycles. The topological polar surface area (TPSA) is 62.3 Å². The first-order valence-corrected chi connectivity index (χ1v) is 9.95. The number of nitrogens with one attached hydrogen (secondary N) is 1. The highest BCUT2D eigenvalue weighted by Crippen LogP contribution is 2.60. The molecule has 5 heteroatoms. The van der Waals surface area contributed by atoms with Crippen LogP contribution in [0.15, 0.2) is 24.5 Å². The summed E-state index contributed by atoms with van der Waals surface area (Å²) in [4.78, 5) is 30.9. The minimum Gasteiger partial charge on any atom is -0.355 e. The lowest BCUT2D eigenvalue weighted by atomic mass is 9.49. The van der Waals surface area contributed by atoms with Crippen molar-refractivity contribution >= 4 is 11.8 Å². The molecule has 4 aliphatic rings. The molecule has 26 heavy (non-hydrogen) atoms. The van der Waals surface area contributed by atoms with Gasteiger partial charge in [-0.3, -0.25) is 14.6 Å². The highest BCUT2D eigenvalue weighted by molar-refractivity contribution is 5.84. The van der Waals surface area contributed by atoms with Crippen LogP contribution in [-0.2, 0) is 16.1 Å². The predicted molar refractivity (Wildman–Crippen MR) is 98.9 cm³/mol. The summed E-state index contributed by atoms with van der Waals surface area (Å²) in [5.41, 5.74) is 0.939. The summed E-state index contributed by atoms with van der Waals surface area (Å²) in [6, 6.07) is 3.83. The van der Waals surface area contributed by atoms with Crippen LogP contribution in [0.1, 0.15) is 50.5 Å². The van der Waals surface area contributed by atoms with Crippen LogP contribution in [0.3, 0.4) is 0 Å². The third kappa shape index (κ3) is 3.49. The minimum absolute atomic E-state index is 0.0626. The van der Waals surface area contributed by atoms with Gasteiger partial charge in [-0.1, -0.05) is 0 Å². The van der Waals surface area contributed by atoms with Crippen molar-refractivity contribution in [2.45, 2.75) is 51.5 Å². The molecular weight excluding hydrogens is 326 g/mol. The van der Waals surface area contributed by atoms with Crippen LogP contribution in [0.25, 0.3) is 0 Å². The van der Waals surface area contributed by atoms with E-state index in [1.807, 2.05) is 19.2 Å². The molecule has 1 heterocycles. The van der Waals surface area contributed by atoms with Crippen LogP contribution in [0.2, 0.25) is 0 Å². The molecule has 1 aromatic rings. The van der Waals surface area contributed by atoms with Gasteiger partial charge in [-0.2, -0.15) is 0 Å². The fraction of sp³-hybridized carbons (Fsp3) is 0.667. The summed E-state index contributed by atoms with van der Waals surface area (Å²) >= 11 is 0. The Morgan fingerprint density at radius 3 is 2.27 bits per heavy atom. The number of pyridine rings is 1. The van der Waals surface area contributed by atoms with Gasteiger partial charge in [0.2, 0.25) is 11.8 Å². The molecule has 1 aromatic heterocycles. The summed E-state index contributed by atoms with van der Waals surface area (Å²) in [6.07, 6.45) is 11.1. The van der Waals surface area contributed by atoms with E-state index in [1.54, 1.807) is 17.3 Å². The van der Waals surface area contributed by atoms with Crippen molar-refractivity contribution in [3.8, 4) is 0 Å². The number of hydrogen-bond donors (Lipinski definition) is 1. The Hall–Kier alpha value is -1.91. The summed E-state index contributed by atoms with van der Waals surface area (Å²) in [6.45, 7) is 1.02. The second-order valence-electron chi connectivity index (χ2n) is 8.81. The maximum Gasteiger partial charge on any atom is 0.226 e. The first-order valence-electron chi connectivity index (χ1n) is 9.95. The van der Waals surface area contributed by atoms with Crippen molar-refractivity contribution in [2.24, 2.45) is 23.2 Å². The average Bonchev–Trinajstić information content (AvgIpc) is 2.61. The molecule has 5 rings (SSSR count). The van der Waals surface area contributed by atoms with Gasteiger partial charge in [0.15, 0.2) is 0 Å². The predicted octanol–water partition coefficient (Wildman–Crippen LogP) is 2.76. The number of carbonyl (C=O) groups excluding carboxylic acids is 2. The van der Waals surface area contributed by atoms with Crippen LogP contribution in [0, 0.1) is 23.2 Å². The van der Waals surface area contributed by atoms with E-state index < -0.39 is 0 Å². The number of carbonyl (C=O) groups is 2. The Balaban J connectivity index is 1.25. The Morgan fingerprint density at radius 2 is 1.69 bits per heavy atom. The lowest BCUT2D eigenvalue weighted by Crippen LogP contribution is -2.53. The SMILES string of the molecule is CN(Cc1ccncc1)C(=O)CCNC(=O)C12CC3CC(CC(C3)C1)C2. The molecule has 1 N–H and O–H groups in total. The van der Waals surface area contributed by atoms with E-state index in [2.05, 4.69) is 10.3 Å². The molecule has 5 nitrogen and oxygen atoms in total. The van der Waals surface area contributed by atoms with Gasteiger partial charge in [0.25, 0.3) is 0 Å². The maximum absolute atomic E-state index is 12.9. The third-order valence-corrected chi connectivity index (χ3v) is 6.74. The molecule has 140 valence electrons. The first-order chi connectivity index (χ1) is 12.5. The van der Waals surface area contributed by atoms with E-state index in [0.29, 0.717) is 19.5 Å². The fourth-order valence-electron chi connectivity index (χ4n) is 5.90. The van der Waals surface area contributed by atoms with Crippen molar-refractivity contribution in [2.75, 3.05) is 13.6 Å². The number of aromatic nitrogens is 1. The largest absolute Gasteiger partial charge is 0.355 e. The van der Waals surface area contributed by atoms with Gasteiger partial charge >= 0.3 is 0 Å². The van der Waals surface area contributed by atoms with Gasteiger partial charge in [0.05, 0.1) is 0 Å². The van der Waals surface area contributed by atoms with E-state index >= 15 is 0 Å². The maximum atomic E-state index is 12.9. The van der Waals surface area contributed by atoms with Crippen molar-refractivity contribution < 1.29 is 9.59 Å². The molecule has 0 atom stereocenters. The van der Waals surface area contributed by atoms with Gasteiger partial charge in [-0.15, -0.1) is 0 Å². The Kier molecular flexibility index (Phi) is 4.72. The monoisotopic (exact) mass is 355 g/mol. The normalized spacial score (nSPS) is 31.7. The smallest absolute Gasteiger partial charge is 0.226 e. The molecule has 4 aliphatic carbocycles. The Bertz CT molecular complexity index is 638. The van der Waals surface area contributed by atoms with Crippen LogP contribution in [-0.4, -0.2) is 35.3 Å². The second kappa shape index (κ2) is 7.01. The van der Waals surface area contributed by atoms with Gasteiger partial charge in [-0.05, 0) is 74.0 Å². The highest BCUT2D eigenvalue weighted by atomic mass is 16.2. The molecule has 0 saturated heterocycles. The van der Waals surface area contributed by atoms with E-state index in [4.69, 9.17) is 0 Å². The number of hydrogen-bond acceptors (Lipinski definition) is 3. The lowest BCUT2D eigenvalue weighted by molar-refractivity contribution is -0.146. The van der Waals surface area contributed by atoms with Gasteiger partial charge < -0.3 is 10.2 Å². The highest BCUT2D eigenvalue weighted by Gasteiger charge is 2.54. The zero-order valence-corrected chi connectivity index (χ0v) is 15.6. The van der Waals surface area contributed by atoms with E-state index in [0.717, 1.165) is 42.6 Å². The van der Waals surface area contributed by atoms with Crippen molar-refractivity contribution in [3.63, 3.8) is 0 Å². The number of amides is 2. The van der Waals surface area contributed by atoms with E-state index in [9.17, 15) is 9.59 Å². The van der Waals surface area contributed by atoms with E-state index in [1.165, 1.54) is 19.3 Å². The molecular formula is C21H29N3O2. The minimum atomic E-state index is -0.124. The lowest BCUT2D eigenvalue weighted by Gasteiger charge is -2.55. The second-order valence-corrected chi connectivity index (χ2v) is 8.81. The quantitative estimate of drug-likeness (QED) is 0.853. The molecule has 4 saturated carbocycles. The molecule has 0 unspecified atom stereocenters. The Morgan fingerprint density at radius 1 is 1.12 bits per heavy atom. The van der Waals surface area contributed by atoms with Gasteiger partial charge in [0.1, 0.15) is 0 Å². The molecule has 0 spiro atoms. The van der Waals surface area contributed by atoms with Crippen LogP contribution in [0.5, 0.6) is 0 Å². The van der Waals surface area contributed by atoms with Crippen LogP contribution < -0.4 is 5.32 Å². The van der Waals surface area contributed by atoms with Gasteiger partial charge in [0, 0.05) is 44.4 Å². The summed E-state index contributed by atoms with van der Waals surface area (Å²) < 4.78 is 0. The average molecular weight is 355 g/mol. The summed E-state index contributed by atoms with van der Waals surface area (Å²) in [5, 5.41) is 3.09. The zero-order valence-electron chi connectivity index (χ0n) is 15.6. The molecule has 4 bridgehead atoms. The molecule has 0 aromatic carbocycles.